The van der Waals surface area contributed by atoms with Gasteiger partial charge in [0.2, 0.25) is 5.78 Å². The van der Waals surface area contributed by atoms with Crippen molar-refractivity contribution in [3.8, 4) is 0 Å². The highest BCUT2D eigenvalue weighted by molar-refractivity contribution is 6.35. The van der Waals surface area contributed by atoms with Crippen molar-refractivity contribution in [2.24, 2.45) is 5.10 Å². The molecule has 1 rings (SSSR count). The Morgan fingerprint density at radius 3 is 2.46 bits per heavy atom. The SMILES string of the molecule is CN(C)N=CC(=O)c1ccccc1. The summed E-state index contributed by atoms with van der Waals surface area (Å²) in [7, 11) is 3.55. The van der Waals surface area contributed by atoms with Crippen LogP contribution in [-0.4, -0.2) is 31.1 Å². The first kappa shape index (κ1) is 9.45. The molecule has 1 aromatic carbocycles. The largest absolute Gasteiger partial charge is 0.303 e. The van der Waals surface area contributed by atoms with Crippen molar-refractivity contribution in [3.05, 3.63) is 35.9 Å². The maximum atomic E-state index is 11.4. The highest BCUT2D eigenvalue weighted by Crippen LogP contribution is 1.97. The first-order chi connectivity index (χ1) is 6.20. The molecule has 0 radical (unpaired) electrons. The van der Waals surface area contributed by atoms with Crippen LogP contribution < -0.4 is 0 Å². The number of Topliss-reactive ketones (excluding diaryl/α,β-unsaturated/α-hetero) is 1. The summed E-state index contributed by atoms with van der Waals surface area (Å²) in [6.45, 7) is 0. The Kier molecular flexibility index (Phi) is 3.20. The number of hydrogen-bond acceptors (Lipinski definition) is 3. The predicted octanol–water partition coefficient (Wildman–Crippen LogP) is 1.42. The Bertz CT molecular complexity index is 304. The van der Waals surface area contributed by atoms with Crippen LogP contribution in [0.4, 0.5) is 0 Å². The summed E-state index contributed by atoms with van der Waals surface area (Å²) in [5.41, 5.74) is 0.660. The van der Waals surface area contributed by atoms with Crippen LogP contribution in [0.1, 0.15) is 10.4 Å². The fraction of sp³-hybridized carbons (Fsp3) is 0.200. The van der Waals surface area contributed by atoms with Crippen molar-refractivity contribution >= 4 is 12.0 Å². The molecule has 3 nitrogen and oxygen atoms in total. The third-order valence-corrected chi connectivity index (χ3v) is 1.46. The molecule has 0 amide bonds. The molecule has 0 aliphatic carbocycles. The van der Waals surface area contributed by atoms with E-state index in [1.165, 1.54) is 6.21 Å². The van der Waals surface area contributed by atoms with Crippen LogP contribution in [0.25, 0.3) is 0 Å². The lowest BCUT2D eigenvalue weighted by molar-refractivity contribution is 0.106. The van der Waals surface area contributed by atoms with Gasteiger partial charge in [-0.25, -0.2) is 0 Å². The van der Waals surface area contributed by atoms with E-state index in [1.807, 2.05) is 18.2 Å². The smallest absolute Gasteiger partial charge is 0.205 e. The van der Waals surface area contributed by atoms with Crippen LogP contribution in [0, 0.1) is 0 Å². The van der Waals surface area contributed by atoms with E-state index in [9.17, 15) is 4.79 Å². The number of carbonyl (C=O) groups excluding carboxylic acids is 1. The lowest BCUT2D eigenvalue weighted by Crippen LogP contribution is -2.07. The van der Waals surface area contributed by atoms with E-state index >= 15 is 0 Å². The molecule has 0 aliphatic rings. The number of benzene rings is 1. The van der Waals surface area contributed by atoms with E-state index in [1.54, 1.807) is 31.2 Å². The van der Waals surface area contributed by atoms with Crippen LogP contribution in [-0.2, 0) is 0 Å². The molecule has 0 atom stereocenters. The van der Waals surface area contributed by atoms with Gasteiger partial charge in [-0.2, -0.15) is 5.10 Å². The van der Waals surface area contributed by atoms with Crippen molar-refractivity contribution in [2.45, 2.75) is 0 Å². The lowest BCUT2D eigenvalue weighted by atomic mass is 10.1. The van der Waals surface area contributed by atoms with E-state index in [0.717, 1.165) is 0 Å². The third kappa shape index (κ3) is 3.07. The van der Waals surface area contributed by atoms with E-state index in [2.05, 4.69) is 5.10 Å². The number of nitrogens with zero attached hydrogens (tertiary/aromatic N) is 2. The van der Waals surface area contributed by atoms with Gasteiger partial charge >= 0.3 is 0 Å². The average molecular weight is 176 g/mol. The number of carbonyl (C=O) groups is 1. The molecule has 0 fully saturated rings. The van der Waals surface area contributed by atoms with E-state index < -0.39 is 0 Å². The van der Waals surface area contributed by atoms with Crippen LogP contribution in [0.2, 0.25) is 0 Å². The number of hydrogen-bond donors (Lipinski definition) is 0. The zero-order chi connectivity index (χ0) is 9.68. The van der Waals surface area contributed by atoms with Crippen molar-refractivity contribution in [2.75, 3.05) is 14.1 Å². The highest BCUT2D eigenvalue weighted by atomic mass is 16.1. The molecule has 68 valence electrons. The molecule has 13 heavy (non-hydrogen) atoms. The molecule has 0 saturated heterocycles. The Labute approximate surface area is 77.7 Å². The van der Waals surface area contributed by atoms with Gasteiger partial charge in [0.1, 0.15) is 0 Å². The molecule has 0 bridgehead atoms. The fourth-order valence-electron chi connectivity index (χ4n) is 0.845. The van der Waals surface area contributed by atoms with Gasteiger partial charge in [-0.15, -0.1) is 0 Å². The number of rotatable bonds is 3. The summed E-state index contributed by atoms with van der Waals surface area (Å²) in [4.78, 5) is 11.4. The van der Waals surface area contributed by atoms with Gasteiger partial charge in [0.15, 0.2) is 0 Å². The summed E-state index contributed by atoms with van der Waals surface area (Å²) in [6, 6.07) is 9.07. The van der Waals surface area contributed by atoms with Gasteiger partial charge in [-0.05, 0) is 0 Å². The molecule has 0 saturated carbocycles. The van der Waals surface area contributed by atoms with Crippen molar-refractivity contribution in [1.29, 1.82) is 0 Å². The van der Waals surface area contributed by atoms with Crippen LogP contribution >= 0.6 is 0 Å². The molecule has 3 heteroatoms. The average Bonchev–Trinajstić information content (AvgIpc) is 2.15. The highest BCUT2D eigenvalue weighted by Gasteiger charge is 1.99. The summed E-state index contributed by atoms with van der Waals surface area (Å²) >= 11 is 0. The predicted molar refractivity (Wildman–Crippen MR) is 53.0 cm³/mol. The Balaban J connectivity index is 2.70. The summed E-state index contributed by atoms with van der Waals surface area (Å²) in [5, 5.41) is 5.44. The number of hydrazone groups is 1. The maximum Gasteiger partial charge on any atom is 0.205 e. The van der Waals surface area contributed by atoms with Crippen molar-refractivity contribution in [1.82, 2.24) is 5.01 Å². The molecule has 0 spiro atoms. The van der Waals surface area contributed by atoms with E-state index in [0.29, 0.717) is 5.56 Å². The topological polar surface area (TPSA) is 32.7 Å². The molecule has 0 unspecified atom stereocenters. The van der Waals surface area contributed by atoms with Gasteiger partial charge in [0.05, 0.1) is 6.21 Å². The fourth-order valence-corrected chi connectivity index (χ4v) is 0.845. The Morgan fingerprint density at radius 1 is 1.31 bits per heavy atom. The standard InChI is InChI=1S/C10H12N2O/c1-12(2)11-8-10(13)9-6-4-3-5-7-9/h3-8H,1-2H3. The minimum Gasteiger partial charge on any atom is -0.303 e. The van der Waals surface area contributed by atoms with Crippen LogP contribution in [0.15, 0.2) is 35.4 Å². The normalized spacial score (nSPS) is 10.3. The van der Waals surface area contributed by atoms with Crippen molar-refractivity contribution < 1.29 is 4.79 Å². The summed E-state index contributed by atoms with van der Waals surface area (Å²) < 4.78 is 0. The zero-order valence-electron chi connectivity index (χ0n) is 7.77. The van der Waals surface area contributed by atoms with Crippen LogP contribution in [0.5, 0.6) is 0 Å². The van der Waals surface area contributed by atoms with Gasteiger partial charge in [0.25, 0.3) is 0 Å². The first-order valence-electron chi connectivity index (χ1n) is 4.01. The minimum atomic E-state index is -0.0747. The second kappa shape index (κ2) is 4.40. The van der Waals surface area contributed by atoms with Gasteiger partial charge in [-0.1, -0.05) is 30.3 Å². The first-order valence-corrected chi connectivity index (χ1v) is 4.01. The molecule has 0 aromatic heterocycles. The molecule has 0 heterocycles. The Morgan fingerprint density at radius 2 is 1.92 bits per heavy atom. The third-order valence-electron chi connectivity index (χ3n) is 1.46. The monoisotopic (exact) mass is 176 g/mol. The molecular formula is C10H12N2O. The summed E-state index contributed by atoms with van der Waals surface area (Å²) in [6.07, 6.45) is 1.31. The molecule has 0 aliphatic heterocycles. The second-order valence-electron chi connectivity index (χ2n) is 2.82. The van der Waals surface area contributed by atoms with Gasteiger partial charge < -0.3 is 5.01 Å². The van der Waals surface area contributed by atoms with Gasteiger partial charge in [-0.3, -0.25) is 4.79 Å². The lowest BCUT2D eigenvalue weighted by Gasteiger charge is -2.01. The van der Waals surface area contributed by atoms with Gasteiger partial charge in [0, 0.05) is 19.7 Å². The van der Waals surface area contributed by atoms with Crippen molar-refractivity contribution in [3.63, 3.8) is 0 Å². The minimum absolute atomic E-state index is 0.0747. The number of ketones is 1. The quantitative estimate of drug-likeness (QED) is 0.396. The molecule has 0 N–H and O–H groups in total. The van der Waals surface area contributed by atoms with E-state index in [4.69, 9.17) is 0 Å². The second-order valence-corrected chi connectivity index (χ2v) is 2.82. The van der Waals surface area contributed by atoms with Crippen LogP contribution in [0.3, 0.4) is 0 Å². The maximum absolute atomic E-state index is 11.4. The van der Waals surface area contributed by atoms with E-state index in [-0.39, 0.29) is 5.78 Å². The zero-order valence-corrected chi connectivity index (χ0v) is 7.77. The summed E-state index contributed by atoms with van der Waals surface area (Å²) in [5.74, 6) is -0.0747. The molecule has 1 aromatic rings. The molecular weight excluding hydrogens is 164 g/mol. The Hall–Kier alpha value is -1.64.